The first-order chi connectivity index (χ1) is 13.6. The number of rotatable bonds is 3. The van der Waals surface area contributed by atoms with E-state index < -0.39 is 0 Å². The third kappa shape index (κ3) is 2.65. The largest absolute Gasteiger partial charge is 0.497 e. The Morgan fingerprint density at radius 2 is 2.14 bits per heavy atom. The summed E-state index contributed by atoms with van der Waals surface area (Å²) in [5.74, 6) is 1.78. The van der Waals surface area contributed by atoms with Crippen LogP contribution in [0.25, 0.3) is 22.6 Å². The molecule has 0 unspecified atom stereocenters. The van der Waals surface area contributed by atoms with E-state index in [1.807, 2.05) is 35.9 Å². The maximum atomic E-state index is 12.7. The van der Waals surface area contributed by atoms with Crippen LogP contribution in [0, 0.1) is 6.92 Å². The molecule has 1 aromatic carbocycles. The molecule has 4 aromatic rings. The molecule has 0 saturated carbocycles. The summed E-state index contributed by atoms with van der Waals surface area (Å²) in [6, 6.07) is 9.48. The average Bonchev–Trinajstić information content (AvgIpc) is 3.43. The lowest BCUT2D eigenvalue weighted by Crippen LogP contribution is -2.38. The molecule has 3 aromatic heterocycles. The molecule has 0 bridgehead atoms. The summed E-state index contributed by atoms with van der Waals surface area (Å²) in [6.45, 7) is 3.58. The molecule has 0 radical (unpaired) electrons. The second-order valence-corrected chi connectivity index (χ2v) is 6.87. The lowest BCUT2D eigenvalue weighted by Gasteiger charge is -2.27. The number of aryl methyl sites for hydroxylation is 1. The Bertz CT molecular complexity index is 1190. The second-order valence-electron chi connectivity index (χ2n) is 6.87. The maximum Gasteiger partial charge on any atom is 0.290 e. The van der Waals surface area contributed by atoms with Crippen molar-refractivity contribution in [1.82, 2.24) is 24.6 Å². The maximum absolute atomic E-state index is 12.7. The Morgan fingerprint density at radius 3 is 2.93 bits per heavy atom. The zero-order valence-electron chi connectivity index (χ0n) is 15.6. The molecule has 0 spiro atoms. The van der Waals surface area contributed by atoms with Crippen LogP contribution in [0.15, 0.2) is 41.0 Å². The van der Waals surface area contributed by atoms with Gasteiger partial charge in [-0.3, -0.25) is 9.48 Å². The first-order valence-electron chi connectivity index (χ1n) is 9.06. The standard InChI is InChI=1S/C20H19N5O3/c1-12-5-8-28-18(12)20(26)24-6-7-25-13(11-24)9-17(23-25)19-21-15-4-3-14(27-2)10-16(15)22-19/h3-5,8-10H,6-7,11H2,1-2H3,(H,21,22). The quantitative estimate of drug-likeness (QED) is 0.593. The monoisotopic (exact) mass is 377 g/mol. The van der Waals surface area contributed by atoms with Crippen LogP contribution in [-0.2, 0) is 13.1 Å². The van der Waals surface area contributed by atoms with Crippen molar-refractivity contribution in [3.8, 4) is 17.3 Å². The summed E-state index contributed by atoms with van der Waals surface area (Å²) in [5, 5.41) is 4.66. The smallest absolute Gasteiger partial charge is 0.290 e. The van der Waals surface area contributed by atoms with Crippen LogP contribution >= 0.6 is 0 Å². The van der Waals surface area contributed by atoms with E-state index in [-0.39, 0.29) is 5.91 Å². The zero-order chi connectivity index (χ0) is 19.3. The third-order valence-electron chi connectivity index (χ3n) is 5.07. The predicted molar refractivity (Wildman–Crippen MR) is 102 cm³/mol. The first kappa shape index (κ1) is 16.6. The molecular formula is C20H19N5O3. The van der Waals surface area contributed by atoms with Gasteiger partial charge in [0.2, 0.25) is 0 Å². The number of nitrogens with zero attached hydrogens (tertiary/aromatic N) is 4. The lowest BCUT2D eigenvalue weighted by molar-refractivity contribution is 0.0672. The topological polar surface area (TPSA) is 89.2 Å². The fourth-order valence-electron chi connectivity index (χ4n) is 3.53. The molecular weight excluding hydrogens is 358 g/mol. The van der Waals surface area contributed by atoms with E-state index in [0.717, 1.165) is 33.7 Å². The average molecular weight is 377 g/mol. The summed E-state index contributed by atoms with van der Waals surface area (Å²) < 4.78 is 12.6. The number of fused-ring (bicyclic) bond motifs is 2. The number of H-pyrrole nitrogens is 1. The summed E-state index contributed by atoms with van der Waals surface area (Å²) in [4.78, 5) is 22.4. The predicted octanol–water partition coefficient (Wildman–Crippen LogP) is 2.99. The van der Waals surface area contributed by atoms with E-state index >= 15 is 0 Å². The van der Waals surface area contributed by atoms with Gasteiger partial charge in [0.15, 0.2) is 11.6 Å². The molecule has 0 aliphatic carbocycles. The molecule has 28 heavy (non-hydrogen) atoms. The van der Waals surface area contributed by atoms with Crippen LogP contribution < -0.4 is 4.74 Å². The van der Waals surface area contributed by atoms with Gasteiger partial charge in [0, 0.05) is 18.2 Å². The molecule has 1 aliphatic rings. The summed E-state index contributed by atoms with van der Waals surface area (Å²) >= 11 is 0. The minimum atomic E-state index is -0.0904. The molecule has 4 heterocycles. The van der Waals surface area contributed by atoms with Crippen molar-refractivity contribution in [2.24, 2.45) is 0 Å². The second kappa shape index (κ2) is 6.26. The Labute approximate surface area is 160 Å². The molecule has 8 heteroatoms. The van der Waals surface area contributed by atoms with E-state index in [1.54, 1.807) is 24.3 Å². The number of methoxy groups -OCH3 is 1. The normalized spacial score (nSPS) is 13.7. The third-order valence-corrected chi connectivity index (χ3v) is 5.07. The number of benzene rings is 1. The molecule has 0 fully saturated rings. The molecule has 0 atom stereocenters. The number of furan rings is 1. The highest BCUT2D eigenvalue weighted by molar-refractivity contribution is 5.92. The number of aromatic amines is 1. The summed E-state index contributed by atoms with van der Waals surface area (Å²) in [7, 11) is 1.64. The van der Waals surface area contributed by atoms with Crippen LogP contribution in [0.4, 0.5) is 0 Å². The first-order valence-corrected chi connectivity index (χ1v) is 9.06. The van der Waals surface area contributed by atoms with Crippen molar-refractivity contribution in [1.29, 1.82) is 0 Å². The van der Waals surface area contributed by atoms with Gasteiger partial charge in [0.25, 0.3) is 5.91 Å². The highest BCUT2D eigenvalue weighted by atomic mass is 16.5. The highest BCUT2D eigenvalue weighted by Crippen LogP contribution is 2.25. The highest BCUT2D eigenvalue weighted by Gasteiger charge is 2.26. The van der Waals surface area contributed by atoms with E-state index in [1.165, 1.54) is 0 Å². The number of ether oxygens (including phenoxy) is 1. The number of hydrogen-bond donors (Lipinski definition) is 1. The van der Waals surface area contributed by atoms with Crippen molar-refractivity contribution >= 4 is 16.9 Å². The summed E-state index contributed by atoms with van der Waals surface area (Å²) in [5.41, 5.74) is 4.32. The van der Waals surface area contributed by atoms with Crippen molar-refractivity contribution in [3.05, 3.63) is 53.6 Å². The van der Waals surface area contributed by atoms with Crippen LogP contribution in [-0.4, -0.2) is 44.2 Å². The zero-order valence-corrected chi connectivity index (χ0v) is 15.6. The molecule has 0 saturated heterocycles. The van der Waals surface area contributed by atoms with Gasteiger partial charge in [-0.15, -0.1) is 0 Å². The Kier molecular flexibility index (Phi) is 3.71. The van der Waals surface area contributed by atoms with Gasteiger partial charge in [-0.2, -0.15) is 5.10 Å². The fourth-order valence-corrected chi connectivity index (χ4v) is 3.53. The number of nitrogens with one attached hydrogen (secondary N) is 1. The number of hydrogen-bond acceptors (Lipinski definition) is 5. The number of aromatic nitrogens is 4. The Balaban J connectivity index is 1.43. The number of imidazole rings is 1. The van der Waals surface area contributed by atoms with Crippen LogP contribution in [0.1, 0.15) is 21.8 Å². The Hall–Kier alpha value is -3.55. The van der Waals surface area contributed by atoms with Gasteiger partial charge in [-0.1, -0.05) is 0 Å². The van der Waals surface area contributed by atoms with Gasteiger partial charge in [0.05, 0.1) is 43.2 Å². The van der Waals surface area contributed by atoms with Gasteiger partial charge in [-0.05, 0) is 31.2 Å². The minimum absolute atomic E-state index is 0.0904. The van der Waals surface area contributed by atoms with Crippen LogP contribution in [0.5, 0.6) is 5.75 Å². The van der Waals surface area contributed by atoms with Gasteiger partial charge in [0.1, 0.15) is 11.4 Å². The van der Waals surface area contributed by atoms with Gasteiger partial charge in [-0.25, -0.2) is 4.98 Å². The lowest BCUT2D eigenvalue weighted by atomic mass is 10.2. The van der Waals surface area contributed by atoms with Crippen molar-refractivity contribution in [2.45, 2.75) is 20.0 Å². The number of carbonyl (C=O) groups is 1. The molecule has 8 nitrogen and oxygen atoms in total. The number of carbonyl (C=O) groups excluding carboxylic acids is 1. The van der Waals surface area contributed by atoms with Crippen LogP contribution in [0.2, 0.25) is 0 Å². The van der Waals surface area contributed by atoms with Crippen molar-refractivity contribution in [3.63, 3.8) is 0 Å². The fraction of sp³-hybridized carbons (Fsp3) is 0.250. The van der Waals surface area contributed by atoms with Crippen molar-refractivity contribution < 1.29 is 13.9 Å². The molecule has 142 valence electrons. The van der Waals surface area contributed by atoms with E-state index in [0.29, 0.717) is 31.2 Å². The van der Waals surface area contributed by atoms with E-state index in [2.05, 4.69) is 15.1 Å². The molecule has 1 aliphatic heterocycles. The van der Waals surface area contributed by atoms with Crippen molar-refractivity contribution in [2.75, 3.05) is 13.7 Å². The molecule has 5 rings (SSSR count). The molecule has 1 N–H and O–H groups in total. The minimum Gasteiger partial charge on any atom is -0.497 e. The van der Waals surface area contributed by atoms with E-state index in [4.69, 9.17) is 9.15 Å². The van der Waals surface area contributed by atoms with E-state index in [9.17, 15) is 4.79 Å². The number of amides is 1. The SMILES string of the molecule is COc1ccc2nc(-c3cc4n(n3)CCN(C(=O)c3occc3C)C4)[nH]c2c1. The Morgan fingerprint density at radius 1 is 1.25 bits per heavy atom. The van der Waals surface area contributed by atoms with Crippen LogP contribution in [0.3, 0.4) is 0 Å². The van der Waals surface area contributed by atoms with Gasteiger partial charge < -0.3 is 19.0 Å². The van der Waals surface area contributed by atoms with Gasteiger partial charge >= 0.3 is 0 Å². The summed E-state index contributed by atoms with van der Waals surface area (Å²) in [6.07, 6.45) is 1.55. The molecule has 1 amide bonds.